The van der Waals surface area contributed by atoms with Gasteiger partial charge in [0, 0.05) is 0 Å². The summed E-state index contributed by atoms with van der Waals surface area (Å²) in [7, 11) is 0. The molecule has 0 nitrogen and oxygen atoms in total. The summed E-state index contributed by atoms with van der Waals surface area (Å²) in [6.07, 6.45) is 0. The molecule has 0 heteroatoms. The first-order valence-electron chi connectivity index (χ1n) is 9.15. The van der Waals surface area contributed by atoms with Crippen molar-refractivity contribution < 1.29 is 0 Å². The molecule has 0 spiro atoms. The molecule has 0 aromatic heterocycles. The SMILES string of the molecule is Cc1cccc2c1C(C)(C)C(C)(C)c1ccccc1-c1ccccc1-2. The Kier molecular flexibility index (Phi) is 3.44. The number of aryl methyl sites for hydroxylation is 1. The molecule has 1 aliphatic rings. The van der Waals surface area contributed by atoms with Crippen LogP contribution in [0.15, 0.2) is 66.7 Å². The lowest BCUT2D eigenvalue weighted by atomic mass is 9.57. The van der Waals surface area contributed by atoms with Crippen LogP contribution in [-0.2, 0) is 10.8 Å². The van der Waals surface area contributed by atoms with Crippen LogP contribution in [0.5, 0.6) is 0 Å². The van der Waals surface area contributed by atoms with Gasteiger partial charge in [-0.2, -0.15) is 0 Å². The van der Waals surface area contributed by atoms with Crippen molar-refractivity contribution in [1.29, 1.82) is 0 Å². The normalized spacial score (nSPS) is 16.8. The predicted molar refractivity (Wildman–Crippen MR) is 108 cm³/mol. The van der Waals surface area contributed by atoms with Gasteiger partial charge in [-0.05, 0) is 56.7 Å². The Hall–Kier alpha value is -2.34. The zero-order valence-corrected chi connectivity index (χ0v) is 15.9. The van der Waals surface area contributed by atoms with Crippen LogP contribution in [0.1, 0.15) is 44.4 Å². The first kappa shape index (κ1) is 16.1. The van der Waals surface area contributed by atoms with Crippen LogP contribution in [0.3, 0.4) is 0 Å². The summed E-state index contributed by atoms with van der Waals surface area (Å²) in [4.78, 5) is 0. The minimum absolute atomic E-state index is 0.0112. The Morgan fingerprint density at radius 3 is 1.72 bits per heavy atom. The molecular weight excluding hydrogens is 300 g/mol. The van der Waals surface area contributed by atoms with Gasteiger partial charge in [-0.15, -0.1) is 0 Å². The summed E-state index contributed by atoms with van der Waals surface area (Å²) in [5, 5.41) is 0. The average Bonchev–Trinajstić information content (AvgIpc) is 2.60. The second kappa shape index (κ2) is 5.33. The van der Waals surface area contributed by atoms with Crippen molar-refractivity contribution in [2.24, 2.45) is 0 Å². The molecule has 4 rings (SSSR count). The molecule has 0 fully saturated rings. The predicted octanol–water partition coefficient (Wildman–Crippen LogP) is 6.90. The van der Waals surface area contributed by atoms with Crippen LogP contribution < -0.4 is 0 Å². The van der Waals surface area contributed by atoms with Gasteiger partial charge in [-0.1, -0.05) is 94.4 Å². The molecule has 0 amide bonds. The monoisotopic (exact) mass is 326 g/mol. The number of benzene rings is 3. The molecule has 0 bridgehead atoms. The number of fused-ring (bicyclic) bond motifs is 5. The van der Waals surface area contributed by atoms with E-state index in [1.165, 1.54) is 38.9 Å². The van der Waals surface area contributed by atoms with Gasteiger partial charge < -0.3 is 0 Å². The Morgan fingerprint density at radius 1 is 0.520 bits per heavy atom. The number of rotatable bonds is 0. The fourth-order valence-corrected chi connectivity index (χ4v) is 4.59. The topological polar surface area (TPSA) is 0 Å². The van der Waals surface area contributed by atoms with Crippen LogP contribution in [-0.4, -0.2) is 0 Å². The molecule has 0 N–H and O–H groups in total. The quantitative estimate of drug-likeness (QED) is 0.421. The van der Waals surface area contributed by atoms with E-state index in [1.54, 1.807) is 0 Å². The molecule has 126 valence electrons. The molecule has 3 aromatic carbocycles. The highest BCUT2D eigenvalue weighted by molar-refractivity contribution is 5.88. The summed E-state index contributed by atoms with van der Waals surface area (Å²) < 4.78 is 0. The summed E-state index contributed by atoms with van der Waals surface area (Å²) in [6.45, 7) is 11.9. The van der Waals surface area contributed by atoms with E-state index >= 15 is 0 Å². The van der Waals surface area contributed by atoms with E-state index < -0.39 is 0 Å². The van der Waals surface area contributed by atoms with Crippen LogP contribution in [0, 0.1) is 6.92 Å². The second-order valence-corrected chi connectivity index (χ2v) is 8.34. The van der Waals surface area contributed by atoms with Crippen molar-refractivity contribution in [3.05, 3.63) is 83.4 Å². The van der Waals surface area contributed by atoms with Gasteiger partial charge in [0.2, 0.25) is 0 Å². The van der Waals surface area contributed by atoms with Crippen molar-refractivity contribution in [3.8, 4) is 22.3 Å². The molecule has 0 aliphatic heterocycles. The van der Waals surface area contributed by atoms with E-state index in [9.17, 15) is 0 Å². The second-order valence-electron chi connectivity index (χ2n) is 8.34. The highest BCUT2D eigenvalue weighted by Crippen LogP contribution is 2.53. The maximum absolute atomic E-state index is 2.41. The summed E-state index contributed by atoms with van der Waals surface area (Å²) in [6, 6.07) is 24.6. The lowest BCUT2D eigenvalue weighted by Gasteiger charge is -2.47. The molecule has 1 aliphatic carbocycles. The summed E-state index contributed by atoms with van der Waals surface area (Å²) in [5.74, 6) is 0. The highest BCUT2D eigenvalue weighted by atomic mass is 14.5. The lowest BCUT2D eigenvalue weighted by molar-refractivity contribution is 0.303. The zero-order chi connectivity index (χ0) is 17.8. The Bertz CT molecular complexity index is 957. The first-order chi connectivity index (χ1) is 11.9. The third-order valence-electron chi connectivity index (χ3n) is 6.57. The molecule has 0 saturated heterocycles. The maximum atomic E-state index is 2.41. The minimum atomic E-state index is 0.0112. The summed E-state index contributed by atoms with van der Waals surface area (Å²) in [5.41, 5.74) is 9.74. The number of hydrogen-bond acceptors (Lipinski definition) is 0. The molecule has 0 heterocycles. The van der Waals surface area contributed by atoms with E-state index in [0.29, 0.717) is 0 Å². The van der Waals surface area contributed by atoms with E-state index in [0.717, 1.165) is 0 Å². The molecule has 0 saturated carbocycles. The maximum Gasteiger partial charge on any atom is -0.000306 e. The van der Waals surface area contributed by atoms with Gasteiger partial charge in [0.15, 0.2) is 0 Å². The zero-order valence-electron chi connectivity index (χ0n) is 15.9. The van der Waals surface area contributed by atoms with Gasteiger partial charge in [0.1, 0.15) is 0 Å². The summed E-state index contributed by atoms with van der Waals surface area (Å²) >= 11 is 0. The molecular formula is C25H26. The smallest absolute Gasteiger partial charge is 0.000306 e. The van der Waals surface area contributed by atoms with E-state index in [4.69, 9.17) is 0 Å². The Balaban J connectivity index is 2.24. The van der Waals surface area contributed by atoms with Gasteiger partial charge in [-0.3, -0.25) is 0 Å². The van der Waals surface area contributed by atoms with Gasteiger partial charge in [0.25, 0.3) is 0 Å². The van der Waals surface area contributed by atoms with E-state index in [1.807, 2.05) is 0 Å². The van der Waals surface area contributed by atoms with Gasteiger partial charge >= 0.3 is 0 Å². The van der Waals surface area contributed by atoms with Crippen molar-refractivity contribution in [2.75, 3.05) is 0 Å². The van der Waals surface area contributed by atoms with Gasteiger partial charge in [-0.25, -0.2) is 0 Å². The highest BCUT2D eigenvalue weighted by Gasteiger charge is 2.44. The van der Waals surface area contributed by atoms with Crippen LogP contribution >= 0.6 is 0 Å². The van der Waals surface area contributed by atoms with E-state index in [2.05, 4.69) is 101 Å². The fraction of sp³-hybridized carbons (Fsp3) is 0.280. The standard InChI is InChI=1S/C25H26/c1-17-11-10-15-21-19-13-7-6-12-18(19)20-14-8-9-16-22(20)24(2,3)25(4,5)23(17)21/h6-16H,1-5H3. The third kappa shape index (κ3) is 2.13. The lowest BCUT2D eigenvalue weighted by Crippen LogP contribution is -2.42. The van der Waals surface area contributed by atoms with Crippen molar-refractivity contribution in [2.45, 2.75) is 45.4 Å². The molecule has 0 atom stereocenters. The third-order valence-corrected chi connectivity index (χ3v) is 6.57. The van der Waals surface area contributed by atoms with Gasteiger partial charge in [0.05, 0.1) is 0 Å². The van der Waals surface area contributed by atoms with Crippen molar-refractivity contribution >= 4 is 0 Å². The molecule has 3 aromatic rings. The molecule has 0 radical (unpaired) electrons. The average molecular weight is 326 g/mol. The van der Waals surface area contributed by atoms with Crippen LogP contribution in [0.4, 0.5) is 0 Å². The molecule has 0 unspecified atom stereocenters. The first-order valence-corrected chi connectivity index (χ1v) is 9.15. The van der Waals surface area contributed by atoms with E-state index in [-0.39, 0.29) is 10.8 Å². The Morgan fingerprint density at radius 2 is 1.04 bits per heavy atom. The van der Waals surface area contributed by atoms with Crippen molar-refractivity contribution in [3.63, 3.8) is 0 Å². The van der Waals surface area contributed by atoms with Crippen LogP contribution in [0.25, 0.3) is 22.3 Å². The largest absolute Gasteiger partial charge is 0.0619 e. The van der Waals surface area contributed by atoms with Crippen LogP contribution in [0.2, 0.25) is 0 Å². The van der Waals surface area contributed by atoms with Crippen molar-refractivity contribution in [1.82, 2.24) is 0 Å². The fourth-order valence-electron chi connectivity index (χ4n) is 4.59. The molecule has 25 heavy (non-hydrogen) atoms. The minimum Gasteiger partial charge on any atom is -0.0619 e. The number of hydrogen-bond donors (Lipinski definition) is 0. The Labute approximate surface area is 151 Å².